The Labute approximate surface area is 106 Å². The number of hydrogen-bond donors (Lipinski definition) is 1. The van der Waals surface area contributed by atoms with Crippen LogP contribution in [0.5, 0.6) is 0 Å². The fraction of sp³-hybridized carbons (Fsp3) is 0.250. The van der Waals surface area contributed by atoms with Crippen LogP contribution in [0, 0.1) is 6.92 Å². The largest absolute Gasteiger partial charge is 0.398 e. The second kappa shape index (κ2) is 4.45. The van der Waals surface area contributed by atoms with Crippen LogP contribution in [0.3, 0.4) is 0 Å². The van der Waals surface area contributed by atoms with Crippen LogP contribution < -0.4 is 5.73 Å². The molecule has 5 nitrogen and oxygen atoms in total. The molecule has 6 heteroatoms. The fourth-order valence-corrected chi connectivity index (χ4v) is 3.29. The average Bonchev–Trinajstić information content (AvgIpc) is 2.66. The highest BCUT2D eigenvalue weighted by Crippen LogP contribution is 2.23. The van der Waals surface area contributed by atoms with Gasteiger partial charge in [-0.15, -0.1) is 0 Å². The quantitative estimate of drug-likeness (QED) is 0.848. The third-order valence-electron chi connectivity index (χ3n) is 2.62. The molecular formula is C12H15N3O2S. The van der Waals surface area contributed by atoms with Gasteiger partial charge in [-0.25, -0.2) is 8.42 Å². The number of nitrogens with zero attached hydrogens (tertiary/aromatic N) is 2. The first kappa shape index (κ1) is 12.6. The molecule has 2 rings (SSSR count). The first-order valence-electron chi connectivity index (χ1n) is 5.45. The number of nitrogen functional groups attached to an aromatic ring is 1. The SMILES string of the molecule is Cc1ccc(N)c(S(=O)(=O)Cc2cnn(C)c2)c1. The zero-order valence-corrected chi connectivity index (χ0v) is 11.1. The van der Waals surface area contributed by atoms with Crippen molar-refractivity contribution in [1.82, 2.24) is 9.78 Å². The molecule has 1 aromatic heterocycles. The van der Waals surface area contributed by atoms with Gasteiger partial charge in [0.05, 0.1) is 22.5 Å². The van der Waals surface area contributed by atoms with E-state index in [4.69, 9.17) is 5.73 Å². The molecule has 96 valence electrons. The first-order chi connectivity index (χ1) is 8.38. The summed E-state index contributed by atoms with van der Waals surface area (Å²) >= 11 is 0. The van der Waals surface area contributed by atoms with Crippen LogP contribution in [0.4, 0.5) is 5.69 Å². The van der Waals surface area contributed by atoms with Gasteiger partial charge < -0.3 is 5.73 Å². The van der Waals surface area contributed by atoms with E-state index in [1.807, 2.05) is 6.92 Å². The van der Waals surface area contributed by atoms with Crippen molar-refractivity contribution >= 4 is 15.5 Å². The van der Waals surface area contributed by atoms with Crippen LogP contribution in [0.2, 0.25) is 0 Å². The molecule has 0 aliphatic rings. The van der Waals surface area contributed by atoms with Crippen LogP contribution in [-0.2, 0) is 22.6 Å². The van der Waals surface area contributed by atoms with Gasteiger partial charge in [0.15, 0.2) is 9.84 Å². The van der Waals surface area contributed by atoms with Crippen LogP contribution >= 0.6 is 0 Å². The van der Waals surface area contributed by atoms with E-state index < -0.39 is 9.84 Å². The van der Waals surface area contributed by atoms with Gasteiger partial charge >= 0.3 is 0 Å². The Hall–Kier alpha value is -1.82. The zero-order chi connectivity index (χ0) is 13.3. The smallest absolute Gasteiger partial charge is 0.184 e. The van der Waals surface area contributed by atoms with Crippen LogP contribution in [0.1, 0.15) is 11.1 Å². The maximum Gasteiger partial charge on any atom is 0.184 e. The van der Waals surface area contributed by atoms with E-state index in [1.54, 1.807) is 42.3 Å². The van der Waals surface area contributed by atoms with Crippen LogP contribution in [0.15, 0.2) is 35.5 Å². The Balaban J connectivity index is 2.39. The fourth-order valence-electron chi connectivity index (χ4n) is 1.75. The zero-order valence-electron chi connectivity index (χ0n) is 10.3. The Kier molecular flexibility index (Phi) is 3.13. The number of anilines is 1. The van der Waals surface area contributed by atoms with Crippen molar-refractivity contribution in [1.29, 1.82) is 0 Å². The highest BCUT2D eigenvalue weighted by Gasteiger charge is 2.19. The summed E-state index contributed by atoms with van der Waals surface area (Å²) in [7, 11) is -1.68. The summed E-state index contributed by atoms with van der Waals surface area (Å²) in [5, 5.41) is 3.96. The van der Waals surface area contributed by atoms with E-state index >= 15 is 0 Å². The molecule has 18 heavy (non-hydrogen) atoms. The summed E-state index contributed by atoms with van der Waals surface area (Å²) in [6, 6.07) is 5.00. The molecule has 0 atom stereocenters. The van der Waals surface area contributed by atoms with E-state index in [0.29, 0.717) is 5.56 Å². The topological polar surface area (TPSA) is 78.0 Å². The van der Waals surface area contributed by atoms with E-state index in [-0.39, 0.29) is 16.3 Å². The minimum Gasteiger partial charge on any atom is -0.398 e. The number of rotatable bonds is 3. The van der Waals surface area contributed by atoms with Crippen molar-refractivity contribution in [2.24, 2.45) is 7.05 Å². The lowest BCUT2D eigenvalue weighted by Gasteiger charge is -2.07. The molecule has 0 amide bonds. The van der Waals surface area contributed by atoms with E-state index in [0.717, 1.165) is 5.56 Å². The molecule has 0 saturated carbocycles. The molecule has 1 heterocycles. The summed E-state index contributed by atoms with van der Waals surface area (Å²) in [6.45, 7) is 1.84. The maximum absolute atomic E-state index is 12.3. The number of aromatic nitrogens is 2. The highest BCUT2D eigenvalue weighted by atomic mass is 32.2. The monoisotopic (exact) mass is 265 g/mol. The Morgan fingerprint density at radius 1 is 1.39 bits per heavy atom. The van der Waals surface area contributed by atoms with Gasteiger partial charge in [0.2, 0.25) is 0 Å². The first-order valence-corrected chi connectivity index (χ1v) is 7.10. The maximum atomic E-state index is 12.3. The molecular weight excluding hydrogens is 250 g/mol. The van der Waals surface area contributed by atoms with Crippen LogP contribution in [0.25, 0.3) is 0 Å². The van der Waals surface area contributed by atoms with Crippen molar-refractivity contribution in [3.8, 4) is 0 Å². The molecule has 0 aliphatic carbocycles. The lowest BCUT2D eigenvalue weighted by atomic mass is 10.2. The molecule has 0 saturated heterocycles. The molecule has 0 radical (unpaired) electrons. The van der Waals surface area contributed by atoms with Crippen molar-refractivity contribution in [3.05, 3.63) is 41.7 Å². The average molecular weight is 265 g/mol. The van der Waals surface area contributed by atoms with Crippen molar-refractivity contribution in [3.63, 3.8) is 0 Å². The van der Waals surface area contributed by atoms with Gasteiger partial charge in [-0.2, -0.15) is 5.10 Å². The van der Waals surface area contributed by atoms with Gasteiger partial charge in [-0.1, -0.05) is 6.07 Å². The standard InChI is InChI=1S/C12H15N3O2S/c1-9-3-4-11(13)12(5-9)18(16,17)8-10-6-14-15(2)7-10/h3-7H,8,13H2,1-2H3. The molecule has 0 fully saturated rings. The molecule has 0 unspecified atom stereocenters. The number of sulfone groups is 1. The molecule has 0 aliphatic heterocycles. The minimum absolute atomic E-state index is 0.0888. The third-order valence-corrected chi connectivity index (χ3v) is 4.36. The summed E-state index contributed by atoms with van der Waals surface area (Å²) in [4.78, 5) is 0.186. The molecule has 0 spiro atoms. The second-order valence-electron chi connectivity index (χ2n) is 4.32. The molecule has 1 aromatic carbocycles. The van der Waals surface area contributed by atoms with Gasteiger partial charge in [0.25, 0.3) is 0 Å². The van der Waals surface area contributed by atoms with E-state index in [2.05, 4.69) is 5.10 Å². The Morgan fingerprint density at radius 2 is 2.11 bits per heavy atom. The number of nitrogens with two attached hydrogens (primary N) is 1. The molecule has 2 N–H and O–H groups in total. The molecule has 0 bridgehead atoms. The van der Waals surface area contributed by atoms with Gasteiger partial charge in [0, 0.05) is 18.8 Å². The highest BCUT2D eigenvalue weighted by molar-refractivity contribution is 7.90. The predicted octanol–water partition coefficient (Wildman–Crippen LogP) is 1.28. The van der Waals surface area contributed by atoms with E-state index in [9.17, 15) is 8.42 Å². The lowest BCUT2D eigenvalue weighted by molar-refractivity contribution is 0.595. The summed E-state index contributed by atoms with van der Waals surface area (Å²) < 4.78 is 26.1. The minimum atomic E-state index is -3.43. The van der Waals surface area contributed by atoms with Gasteiger partial charge in [-0.05, 0) is 24.6 Å². The number of benzene rings is 1. The molecule has 2 aromatic rings. The normalized spacial score (nSPS) is 11.7. The Morgan fingerprint density at radius 3 is 2.72 bits per heavy atom. The number of aryl methyl sites for hydroxylation is 2. The van der Waals surface area contributed by atoms with Gasteiger partial charge in [-0.3, -0.25) is 4.68 Å². The Bertz CT molecular complexity index is 674. The van der Waals surface area contributed by atoms with Gasteiger partial charge in [0.1, 0.15) is 0 Å². The summed E-state index contributed by atoms with van der Waals surface area (Å²) in [5.74, 6) is -0.0888. The third kappa shape index (κ3) is 2.53. The number of hydrogen-bond acceptors (Lipinski definition) is 4. The summed E-state index contributed by atoms with van der Waals surface area (Å²) in [5.41, 5.74) is 7.54. The van der Waals surface area contributed by atoms with Crippen molar-refractivity contribution in [2.45, 2.75) is 17.6 Å². The van der Waals surface area contributed by atoms with Crippen molar-refractivity contribution in [2.75, 3.05) is 5.73 Å². The summed E-state index contributed by atoms with van der Waals surface area (Å²) in [6.07, 6.45) is 3.23. The second-order valence-corrected chi connectivity index (χ2v) is 6.28. The lowest BCUT2D eigenvalue weighted by Crippen LogP contribution is -2.08. The van der Waals surface area contributed by atoms with Crippen LogP contribution in [-0.4, -0.2) is 18.2 Å². The van der Waals surface area contributed by atoms with E-state index in [1.165, 1.54) is 0 Å². The predicted molar refractivity (Wildman–Crippen MR) is 69.7 cm³/mol. The van der Waals surface area contributed by atoms with Crippen molar-refractivity contribution < 1.29 is 8.42 Å².